The van der Waals surface area contributed by atoms with E-state index in [1.165, 1.54) is 16.2 Å². The summed E-state index contributed by atoms with van der Waals surface area (Å²) >= 11 is 1.34. The van der Waals surface area contributed by atoms with E-state index in [-0.39, 0.29) is 6.04 Å². The molecule has 0 amide bonds. The highest BCUT2D eigenvalue weighted by Crippen LogP contribution is 2.48. The predicted octanol–water partition coefficient (Wildman–Crippen LogP) is 3.99. The van der Waals surface area contributed by atoms with Gasteiger partial charge in [0.25, 0.3) is 0 Å². The molecule has 1 aromatic carbocycles. The Morgan fingerprint density at radius 2 is 2.00 bits per heavy atom. The van der Waals surface area contributed by atoms with Crippen molar-refractivity contribution in [3.05, 3.63) is 36.4 Å². The molecule has 104 valence electrons. The number of nitrogens with zero attached hydrogens (tertiary/aromatic N) is 2. The van der Waals surface area contributed by atoms with Crippen LogP contribution in [0.4, 0.5) is 18.3 Å². The van der Waals surface area contributed by atoms with Crippen LogP contribution >= 0.6 is 11.3 Å². The zero-order chi connectivity index (χ0) is 13.9. The van der Waals surface area contributed by atoms with Gasteiger partial charge in [0.1, 0.15) is 6.04 Å². The quantitative estimate of drug-likeness (QED) is 0.740. The van der Waals surface area contributed by atoms with Crippen LogP contribution in [0, 0.1) is 5.92 Å². The van der Waals surface area contributed by atoms with Crippen molar-refractivity contribution in [1.82, 2.24) is 4.98 Å². The standard InChI is InChI=1S/C14H11F3N2S/c15-14(16,17)12-8-5-6-9(7-8)19(12)13-18-10-3-1-2-4-11(10)20-13/h1-6,8-9,12H,7H2. The lowest BCUT2D eigenvalue weighted by Gasteiger charge is -2.33. The number of rotatable bonds is 1. The molecule has 0 radical (unpaired) electrons. The molecule has 20 heavy (non-hydrogen) atoms. The van der Waals surface area contributed by atoms with Gasteiger partial charge in [0.05, 0.1) is 16.3 Å². The first-order valence-corrected chi connectivity index (χ1v) is 7.24. The molecule has 2 bridgehead atoms. The van der Waals surface area contributed by atoms with Crippen molar-refractivity contribution in [2.24, 2.45) is 5.92 Å². The largest absolute Gasteiger partial charge is 0.409 e. The Labute approximate surface area is 117 Å². The van der Waals surface area contributed by atoms with Crippen LogP contribution in [0.5, 0.6) is 0 Å². The fourth-order valence-corrected chi connectivity index (χ4v) is 4.25. The summed E-state index contributed by atoms with van der Waals surface area (Å²) in [5.41, 5.74) is 0.764. The van der Waals surface area contributed by atoms with Gasteiger partial charge in [-0.2, -0.15) is 13.2 Å². The van der Waals surface area contributed by atoms with Crippen LogP contribution in [0.3, 0.4) is 0 Å². The van der Waals surface area contributed by atoms with Crippen molar-refractivity contribution in [2.75, 3.05) is 4.90 Å². The second-order valence-corrected chi connectivity index (χ2v) is 6.22. The fourth-order valence-electron chi connectivity index (χ4n) is 3.19. The maximum absolute atomic E-state index is 13.3. The molecule has 2 nitrogen and oxygen atoms in total. The van der Waals surface area contributed by atoms with E-state index in [0.717, 1.165) is 10.2 Å². The maximum Gasteiger partial charge on any atom is 0.409 e. The summed E-state index contributed by atoms with van der Waals surface area (Å²) in [7, 11) is 0. The number of halogens is 3. The van der Waals surface area contributed by atoms with Crippen molar-refractivity contribution >= 4 is 26.7 Å². The number of hydrogen-bond donors (Lipinski definition) is 0. The molecule has 1 saturated heterocycles. The third-order valence-electron chi connectivity index (χ3n) is 4.00. The lowest BCUT2D eigenvalue weighted by Crippen LogP contribution is -2.48. The van der Waals surface area contributed by atoms with Crippen molar-refractivity contribution in [3.8, 4) is 0 Å². The first kappa shape index (κ1) is 12.2. The Kier molecular flexibility index (Phi) is 2.42. The van der Waals surface area contributed by atoms with Crippen LogP contribution < -0.4 is 4.90 Å². The number of para-hydroxylation sites is 1. The number of alkyl halides is 3. The summed E-state index contributed by atoms with van der Waals surface area (Å²) < 4.78 is 40.9. The number of hydrogen-bond acceptors (Lipinski definition) is 3. The molecular weight excluding hydrogens is 285 g/mol. The normalized spacial score (nSPS) is 28.8. The summed E-state index contributed by atoms with van der Waals surface area (Å²) in [6.07, 6.45) is -0.103. The fraction of sp³-hybridized carbons (Fsp3) is 0.357. The molecule has 1 aliphatic heterocycles. The Bertz CT molecular complexity index is 658. The molecule has 1 aliphatic carbocycles. The summed E-state index contributed by atoms with van der Waals surface area (Å²) in [6.45, 7) is 0. The number of thiazole rings is 1. The van der Waals surface area contributed by atoms with E-state index >= 15 is 0 Å². The smallest absolute Gasteiger partial charge is 0.329 e. The lowest BCUT2D eigenvalue weighted by atomic mass is 10.0. The topological polar surface area (TPSA) is 16.1 Å². The predicted molar refractivity (Wildman–Crippen MR) is 73.0 cm³/mol. The van der Waals surface area contributed by atoms with E-state index in [1.807, 2.05) is 30.3 Å². The van der Waals surface area contributed by atoms with Gasteiger partial charge in [0.15, 0.2) is 5.13 Å². The lowest BCUT2D eigenvalue weighted by molar-refractivity contribution is -0.152. The molecule has 0 N–H and O–H groups in total. The van der Waals surface area contributed by atoms with Gasteiger partial charge in [-0.3, -0.25) is 0 Å². The van der Waals surface area contributed by atoms with E-state index in [1.54, 1.807) is 6.08 Å². The Hall–Kier alpha value is -1.56. The number of benzene rings is 1. The van der Waals surface area contributed by atoms with Crippen molar-refractivity contribution in [2.45, 2.75) is 24.7 Å². The number of aromatic nitrogens is 1. The third-order valence-corrected chi connectivity index (χ3v) is 5.05. The summed E-state index contributed by atoms with van der Waals surface area (Å²) in [4.78, 5) is 5.84. The van der Waals surface area contributed by atoms with E-state index in [2.05, 4.69) is 4.98 Å². The number of anilines is 1. The zero-order valence-corrected chi connectivity index (χ0v) is 11.2. The molecule has 0 saturated carbocycles. The van der Waals surface area contributed by atoms with Crippen LogP contribution in [-0.2, 0) is 0 Å². The summed E-state index contributed by atoms with van der Waals surface area (Å²) in [5, 5.41) is 0.477. The molecule has 2 aromatic rings. The van der Waals surface area contributed by atoms with Gasteiger partial charge in [0, 0.05) is 5.92 Å². The Morgan fingerprint density at radius 1 is 1.20 bits per heavy atom. The summed E-state index contributed by atoms with van der Waals surface area (Å²) in [5.74, 6) is -0.438. The first-order valence-electron chi connectivity index (χ1n) is 6.43. The van der Waals surface area contributed by atoms with Gasteiger partial charge in [0.2, 0.25) is 0 Å². The van der Waals surface area contributed by atoms with Gasteiger partial charge in [-0.15, -0.1) is 0 Å². The minimum atomic E-state index is -4.22. The van der Waals surface area contributed by atoms with Gasteiger partial charge < -0.3 is 4.90 Å². The van der Waals surface area contributed by atoms with Crippen molar-refractivity contribution < 1.29 is 13.2 Å². The maximum atomic E-state index is 13.3. The number of fused-ring (bicyclic) bond motifs is 3. The molecule has 6 heteroatoms. The Morgan fingerprint density at radius 3 is 2.75 bits per heavy atom. The van der Waals surface area contributed by atoms with Gasteiger partial charge in [-0.1, -0.05) is 35.6 Å². The molecule has 3 unspecified atom stereocenters. The highest BCUT2D eigenvalue weighted by atomic mass is 32.1. The zero-order valence-electron chi connectivity index (χ0n) is 10.3. The minimum absolute atomic E-state index is 0.174. The van der Waals surface area contributed by atoms with Crippen LogP contribution in [-0.4, -0.2) is 23.2 Å². The molecule has 0 spiro atoms. The highest BCUT2D eigenvalue weighted by molar-refractivity contribution is 7.22. The third kappa shape index (κ3) is 1.67. The van der Waals surface area contributed by atoms with E-state index in [9.17, 15) is 13.2 Å². The van der Waals surface area contributed by atoms with Crippen molar-refractivity contribution in [1.29, 1.82) is 0 Å². The SMILES string of the molecule is FC(F)(F)C1C2C=CC(C2)N1c1nc2ccccc2s1. The van der Waals surface area contributed by atoms with E-state index < -0.39 is 18.1 Å². The average molecular weight is 296 g/mol. The van der Waals surface area contributed by atoms with Crippen LogP contribution in [0.15, 0.2) is 36.4 Å². The van der Waals surface area contributed by atoms with Crippen LogP contribution in [0.25, 0.3) is 10.2 Å². The van der Waals surface area contributed by atoms with Gasteiger partial charge >= 0.3 is 6.18 Å². The molecule has 3 atom stereocenters. The van der Waals surface area contributed by atoms with Crippen molar-refractivity contribution in [3.63, 3.8) is 0 Å². The molecule has 4 rings (SSSR count). The average Bonchev–Trinajstić information content (AvgIpc) is 3.09. The van der Waals surface area contributed by atoms with E-state index in [4.69, 9.17) is 0 Å². The Balaban J connectivity index is 1.81. The minimum Gasteiger partial charge on any atom is -0.329 e. The van der Waals surface area contributed by atoms with Gasteiger partial charge in [-0.25, -0.2) is 4.98 Å². The van der Waals surface area contributed by atoms with Crippen LogP contribution in [0.1, 0.15) is 6.42 Å². The van der Waals surface area contributed by atoms with E-state index in [0.29, 0.717) is 11.6 Å². The molecule has 1 fully saturated rings. The molecule has 2 heterocycles. The van der Waals surface area contributed by atoms with Crippen LogP contribution in [0.2, 0.25) is 0 Å². The first-order chi connectivity index (χ1) is 9.54. The molecule has 2 aliphatic rings. The summed E-state index contributed by atoms with van der Waals surface area (Å²) in [6, 6.07) is 5.85. The van der Waals surface area contributed by atoms with Gasteiger partial charge in [-0.05, 0) is 18.6 Å². The molecular formula is C14H11F3N2S. The second kappa shape index (κ2) is 3.97. The second-order valence-electron chi connectivity index (χ2n) is 5.21. The monoisotopic (exact) mass is 296 g/mol. The highest BCUT2D eigenvalue weighted by Gasteiger charge is 2.56. The molecule has 1 aromatic heterocycles.